The first-order valence-corrected chi connectivity index (χ1v) is 6.42. The SMILES string of the molecule is C[C@H]1C[C@@H]1C(=O)NCc1cn2cc(Cl)ccc2n1. The van der Waals surface area contributed by atoms with Crippen LogP contribution in [0.1, 0.15) is 19.0 Å². The predicted molar refractivity (Wildman–Crippen MR) is 69.3 cm³/mol. The van der Waals surface area contributed by atoms with E-state index in [1.165, 1.54) is 0 Å². The van der Waals surface area contributed by atoms with E-state index >= 15 is 0 Å². The molecule has 1 N–H and O–H groups in total. The Bertz CT molecular complexity index is 607. The van der Waals surface area contributed by atoms with E-state index in [0.717, 1.165) is 17.8 Å². The second kappa shape index (κ2) is 4.28. The molecule has 3 rings (SSSR count). The summed E-state index contributed by atoms with van der Waals surface area (Å²) in [5.74, 6) is 0.874. The molecule has 0 radical (unpaired) electrons. The highest BCUT2D eigenvalue weighted by Crippen LogP contribution is 2.37. The number of halogens is 1. The molecule has 1 aliphatic rings. The van der Waals surface area contributed by atoms with Crippen LogP contribution in [0, 0.1) is 11.8 Å². The summed E-state index contributed by atoms with van der Waals surface area (Å²) in [6.07, 6.45) is 4.70. The zero-order valence-corrected chi connectivity index (χ0v) is 10.8. The summed E-state index contributed by atoms with van der Waals surface area (Å²) >= 11 is 5.90. The summed E-state index contributed by atoms with van der Waals surface area (Å²) in [5.41, 5.74) is 1.68. The monoisotopic (exact) mass is 263 g/mol. The van der Waals surface area contributed by atoms with Crippen molar-refractivity contribution >= 4 is 23.2 Å². The number of pyridine rings is 1. The van der Waals surface area contributed by atoms with Crippen molar-refractivity contribution in [2.75, 3.05) is 0 Å². The van der Waals surface area contributed by atoms with E-state index < -0.39 is 0 Å². The Kier molecular flexibility index (Phi) is 2.74. The van der Waals surface area contributed by atoms with Gasteiger partial charge >= 0.3 is 0 Å². The van der Waals surface area contributed by atoms with E-state index in [2.05, 4.69) is 17.2 Å². The van der Waals surface area contributed by atoms with Crippen molar-refractivity contribution in [3.05, 3.63) is 35.2 Å². The van der Waals surface area contributed by atoms with Crippen molar-refractivity contribution in [3.8, 4) is 0 Å². The highest BCUT2D eigenvalue weighted by atomic mass is 35.5. The Morgan fingerprint density at radius 3 is 3.06 bits per heavy atom. The Balaban J connectivity index is 1.69. The maximum atomic E-state index is 11.7. The lowest BCUT2D eigenvalue weighted by molar-refractivity contribution is -0.122. The Labute approximate surface area is 110 Å². The van der Waals surface area contributed by atoms with Gasteiger partial charge in [-0.1, -0.05) is 18.5 Å². The van der Waals surface area contributed by atoms with Crippen molar-refractivity contribution in [2.24, 2.45) is 11.8 Å². The number of carbonyl (C=O) groups excluding carboxylic acids is 1. The van der Waals surface area contributed by atoms with E-state index in [1.54, 1.807) is 12.3 Å². The molecule has 1 fully saturated rings. The van der Waals surface area contributed by atoms with Gasteiger partial charge in [0.1, 0.15) is 5.65 Å². The molecule has 2 heterocycles. The molecule has 4 nitrogen and oxygen atoms in total. The number of fused-ring (bicyclic) bond motifs is 1. The first-order valence-electron chi connectivity index (χ1n) is 6.04. The molecule has 0 bridgehead atoms. The highest BCUT2D eigenvalue weighted by molar-refractivity contribution is 6.30. The van der Waals surface area contributed by atoms with Crippen LogP contribution in [0.5, 0.6) is 0 Å². The van der Waals surface area contributed by atoms with Crippen LogP contribution in [0.2, 0.25) is 5.02 Å². The minimum absolute atomic E-state index is 0.137. The van der Waals surface area contributed by atoms with Gasteiger partial charge in [-0.15, -0.1) is 0 Å². The fourth-order valence-corrected chi connectivity index (χ4v) is 2.27. The molecule has 0 unspecified atom stereocenters. The smallest absolute Gasteiger partial charge is 0.223 e. The molecule has 1 saturated carbocycles. The van der Waals surface area contributed by atoms with E-state index in [-0.39, 0.29) is 11.8 Å². The summed E-state index contributed by atoms with van der Waals surface area (Å²) in [5, 5.41) is 3.59. The van der Waals surface area contributed by atoms with Crippen LogP contribution in [0.4, 0.5) is 0 Å². The van der Waals surface area contributed by atoms with Gasteiger partial charge in [-0.05, 0) is 24.5 Å². The summed E-state index contributed by atoms with van der Waals surface area (Å²) in [4.78, 5) is 16.1. The highest BCUT2D eigenvalue weighted by Gasteiger charge is 2.38. The van der Waals surface area contributed by atoms with Gasteiger partial charge in [0.25, 0.3) is 0 Å². The van der Waals surface area contributed by atoms with Gasteiger partial charge in [-0.3, -0.25) is 4.79 Å². The first kappa shape index (κ1) is 11.5. The molecule has 5 heteroatoms. The third kappa shape index (κ3) is 2.20. The normalized spacial score (nSPS) is 22.1. The van der Waals surface area contributed by atoms with Crippen molar-refractivity contribution in [1.29, 1.82) is 0 Å². The molecule has 2 atom stereocenters. The number of amides is 1. The molecule has 0 spiro atoms. The summed E-state index contributed by atoms with van der Waals surface area (Å²) in [6.45, 7) is 2.57. The van der Waals surface area contributed by atoms with Crippen LogP contribution in [0.3, 0.4) is 0 Å². The molecular weight excluding hydrogens is 250 g/mol. The van der Waals surface area contributed by atoms with Crippen molar-refractivity contribution in [1.82, 2.24) is 14.7 Å². The number of hydrogen-bond donors (Lipinski definition) is 1. The molecule has 18 heavy (non-hydrogen) atoms. The topological polar surface area (TPSA) is 46.4 Å². The molecule has 0 saturated heterocycles. The average molecular weight is 264 g/mol. The van der Waals surface area contributed by atoms with E-state index in [4.69, 9.17) is 11.6 Å². The number of nitrogens with zero attached hydrogens (tertiary/aromatic N) is 2. The van der Waals surface area contributed by atoms with Gasteiger partial charge in [-0.25, -0.2) is 4.98 Å². The summed E-state index contributed by atoms with van der Waals surface area (Å²) < 4.78 is 1.86. The van der Waals surface area contributed by atoms with Gasteiger partial charge in [0, 0.05) is 18.3 Å². The number of carbonyl (C=O) groups is 1. The summed E-state index contributed by atoms with van der Waals surface area (Å²) in [7, 11) is 0. The van der Waals surface area contributed by atoms with Crippen LogP contribution < -0.4 is 5.32 Å². The van der Waals surface area contributed by atoms with E-state index in [9.17, 15) is 4.79 Å². The Morgan fingerprint density at radius 2 is 2.33 bits per heavy atom. The lowest BCUT2D eigenvalue weighted by atomic mass is 10.3. The molecule has 2 aromatic rings. The maximum absolute atomic E-state index is 11.7. The molecule has 2 aromatic heterocycles. The minimum atomic E-state index is 0.137. The van der Waals surface area contributed by atoms with Gasteiger partial charge in [-0.2, -0.15) is 0 Å². The van der Waals surface area contributed by atoms with Gasteiger partial charge in [0.2, 0.25) is 5.91 Å². The average Bonchev–Trinajstić information content (AvgIpc) is 2.92. The lowest BCUT2D eigenvalue weighted by Crippen LogP contribution is -2.24. The molecule has 1 amide bonds. The van der Waals surface area contributed by atoms with E-state index in [0.29, 0.717) is 17.5 Å². The number of nitrogens with one attached hydrogen (secondary N) is 1. The van der Waals surface area contributed by atoms with Crippen molar-refractivity contribution in [3.63, 3.8) is 0 Å². The van der Waals surface area contributed by atoms with Crippen LogP contribution in [-0.4, -0.2) is 15.3 Å². The van der Waals surface area contributed by atoms with Gasteiger partial charge in [0.05, 0.1) is 17.3 Å². The van der Waals surface area contributed by atoms with Crippen molar-refractivity contribution < 1.29 is 4.79 Å². The van der Waals surface area contributed by atoms with Crippen molar-refractivity contribution in [2.45, 2.75) is 19.9 Å². The third-order valence-electron chi connectivity index (χ3n) is 3.35. The Hall–Kier alpha value is -1.55. The van der Waals surface area contributed by atoms with Crippen LogP contribution in [0.25, 0.3) is 5.65 Å². The number of hydrogen-bond acceptors (Lipinski definition) is 2. The minimum Gasteiger partial charge on any atom is -0.350 e. The largest absolute Gasteiger partial charge is 0.350 e. The second-order valence-corrected chi connectivity index (χ2v) is 5.32. The fourth-order valence-electron chi connectivity index (χ4n) is 2.10. The molecule has 94 valence electrons. The van der Waals surface area contributed by atoms with Crippen LogP contribution >= 0.6 is 11.6 Å². The number of rotatable bonds is 3. The Morgan fingerprint density at radius 1 is 1.56 bits per heavy atom. The van der Waals surface area contributed by atoms with Gasteiger partial charge in [0.15, 0.2) is 0 Å². The predicted octanol–water partition coefficient (Wildman–Crippen LogP) is 2.26. The second-order valence-electron chi connectivity index (χ2n) is 4.88. The third-order valence-corrected chi connectivity index (χ3v) is 3.58. The molecule has 1 aliphatic carbocycles. The molecular formula is C13H14ClN3O. The van der Waals surface area contributed by atoms with Crippen LogP contribution in [-0.2, 0) is 11.3 Å². The summed E-state index contributed by atoms with van der Waals surface area (Å²) in [6, 6.07) is 3.66. The maximum Gasteiger partial charge on any atom is 0.223 e. The fraction of sp³-hybridized carbons (Fsp3) is 0.385. The first-order chi connectivity index (χ1) is 8.63. The number of imidazole rings is 1. The zero-order valence-electron chi connectivity index (χ0n) is 10.1. The number of aromatic nitrogens is 2. The lowest BCUT2D eigenvalue weighted by Gasteiger charge is -2.00. The van der Waals surface area contributed by atoms with Crippen LogP contribution in [0.15, 0.2) is 24.5 Å². The molecule has 0 aromatic carbocycles. The van der Waals surface area contributed by atoms with E-state index in [1.807, 2.05) is 16.7 Å². The molecule has 0 aliphatic heterocycles. The quantitative estimate of drug-likeness (QED) is 0.923. The standard InChI is InChI=1S/C13H14ClN3O/c1-8-4-11(8)13(18)15-5-10-7-17-6-9(14)2-3-12(17)16-10/h2-3,6-8,11H,4-5H2,1H3,(H,15,18)/t8-,11-/m0/s1. The van der Waals surface area contributed by atoms with Gasteiger partial charge < -0.3 is 9.72 Å². The zero-order chi connectivity index (χ0) is 12.7.